The molecular formula is C11H15Cl2NO2S2. The van der Waals surface area contributed by atoms with Crippen LogP contribution in [-0.4, -0.2) is 31.2 Å². The van der Waals surface area contributed by atoms with Crippen LogP contribution in [0.1, 0.15) is 18.9 Å². The monoisotopic (exact) mass is 327 g/mol. The van der Waals surface area contributed by atoms with Crippen LogP contribution in [0.4, 0.5) is 0 Å². The summed E-state index contributed by atoms with van der Waals surface area (Å²) in [6, 6.07) is 1.63. The Kier molecular flexibility index (Phi) is 4.29. The lowest BCUT2D eigenvalue weighted by atomic mass is 10.0. The summed E-state index contributed by atoms with van der Waals surface area (Å²) in [6.07, 6.45) is 0.797. The largest absolute Gasteiger partial charge is 0.252 e. The van der Waals surface area contributed by atoms with E-state index in [1.807, 2.05) is 6.92 Å². The molecule has 0 bridgehead atoms. The third-order valence-electron chi connectivity index (χ3n) is 3.26. The number of nitrogens with zero attached hydrogens (tertiary/aromatic N) is 1. The number of rotatable bonds is 2. The highest BCUT2D eigenvalue weighted by Crippen LogP contribution is 2.34. The molecule has 1 aliphatic heterocycles. The van der Waals surface area contributed by atoms with Gasteiger partial charge in [0.2, 0.25) is 0 Å². The zero-order chi connectivity index (χ0) is 13.5. The highest BCUT2D eigenvalue weighted by molar-refractivity contribution is 7.91. The van der Waals surface area contributed by atoms with E-state index in [-0.39, 0.29) is 5.38 Å². The number of aryl methyl sites for hydroxylation is 1. The van der Waals surface area contributed by atoms with Gasteiger partial charge in [-0.2, -0.15) is 4.31 Å². The minimum Gasteiger partial charge on any atom is -0.206 e. The fourth-order valence-corrected chi connectivity index (χ4v) is 5.62. The van der Waals surface area contributed by atoms with Gasteiger partial charge in [-0.3, -0.25) is 0 Å². The summed E-state index contributed by atoms with van der Waals surface area (Å²) in [6.45, 7) is 4.76. The molecule has 102 valence electrons. The van der Waals surface area contributed by atoms with Gasteiger partial charge in [0, 0.05) is 18.5 Å². The fraction of sp³-hybridized carbons (Fsp3) is 0.636. The molecule has 1 aromatic heterocycles. The van der Waals surface area contributed by atoms with Crippen LogP contribution in [0.25, 0.3) is 0 Å². The molecule has 2 unspecified atom stereocenters. The second kappa shape index (κ2) is 5.29. The zero-order valence-corrected chi connectivity index (χ0v) is 13.3. The first-order valence-corrected chi connectivity index (χ1v) is 8.79. The molecule has 2 rings (SSSR count). The molecule has 7 heteroatoms. The van der Waals surface area contributed by atoms with Crippen molar-refractivity contribution in [1.29, 1.82) is 0 Å². The Morgan fingerprint density at radius 2 is 2.17 bits per heavy atom. The maximum Gasteiger partial charge on any atom is 0.252 e. The molecule has 2 atom stereocenters. The Balaban J connectivity index is 2.26. The average molecular weight is 328 g/mol. The van der Waals surface area contributed by atoms with Crippen LogP contribution < -0.4 is 0 Å². The maximum atomic E-state index is 12.4. The summed E-state index contributed by atoms with van der Waals surface area (Å²) in [5.41, 5.74) is 0.799. The van der Waals surface area contributed by atoms with Crippen molar-refractivity contribution in [3.8, 4) is 0 Å². The third-order valence-corrected chi connectivity index (χ3v) is 7.70. The van der Waals surface area contributed by atoms with Crippen molar-refractivity contribution in [3.63, 3.8) is 0 Å². The van der Waals surface area contributed by atoms with Crippen molar-refractivity contribution in [2.24, 2.45) is 5.92 Å². The Hall–Kier alpha value is 0.190. The van der Waals surface area contributed by atoms with Crippen LogP contribution in [0, 0.1) is 12.8 Å². The van der Waals surface area contributed by atoms with E-state index in [4.69, 9.17) is 23.2 Å². The van der Waals surface area contributed by atoms with Gasteiger partial charge < -0.3 is 0 Å². The van der Waals surface area contributed by atoms with Crippen molar-refractivity contribution >= 4 is 44.6 Å². The lowest BCUT2D eigenvalue weighted by Crippen LogP contribution is -2.43. The summed E-state index contributed by atoms with van der Waals surface area (Å²) in [7, 11) is -3.44. The predicted molar refractivity (Wildman–Crippen MR) is 76.2 cm³/mol. The van der Waals surface area contributed by atoms with E-state index in [1.54, 1.807) is 13.0 Å². The smallest absolute Gasteiger partial charge is 0.206 e. The highest BCUT2D eigenvalue weighted by atomic mass is 35.5. The standard InChI is InChI=1S/C11H15Cl2NO2S2/c1-7-3-4-14(6-9(7)12)18(15,16)10-5-8(2)11(13)17-10/h5,7,9H,3-4,6H2,1-2H3. The summed E-state index contributed by atoms with van der Waals surface area (Å²) in [5.74, 6) is 0.353. The van der Waals surface area contributed by atoms with Gasteiger partial charge in [0.25, 0.3) is 10.0 Å². The van der Waals surface area contributed by atoms with Crippen LogP contribution in [0.3, 0.4) is 0 Å². The van der Waals surface area contributed by atoms with Gasteiger partial charge in [-0.25, -0.2) is 8.42 Å². The van der Waals surface area contributed by atoms with Crippen LogP contribution in [0.15, 0.2) is 10.3 Å². The molecule has 1 saturated heterocycles. The summed E-state index contributed by atoms with van der Waals surface area (Å²) in [4.78, 5) is 0. The highest BCUT2D eigenvalue weighted by Gasteiger charge is 2.33. The fourth-order valence-electron chi connectivity index (χ4n) is 1.90. The van der Waals surface area contributed by atoms with Gasteiger partial charge in [-0.05, 0) is 30.9 Å². The van der Waals surface area contributed by atoms with Gasteiger partial charge in [0.05, 0.1) is 4.34 Å². The molecule has 0 aliphatic carbocycles. The van der Waals surface area contributed by atoms with Gasteiger partial charge in [-0.15, -0.1) is 22.9 Å². The Bertz CT molecular complexity index is 522. The molecule has 1 aromatic rings. The van der Waals surface area contributed by atoms with Gasteiger partial charge >= 0.3 is 0 Å². The number of hydrogen-bond donors (Lipinski definition) is 0. The van der Waals surface area contributed by atoms with E-state index >= 15 is 0 Å². The van der Waals surface area contributed by atoms with E-state index in [2.05, 4.69) is 0 Å². The molecule has 2 heterocycles. The molecule has 0 N–H and O–H groups in total. The van der Waals surface area contributed by atoms with E-state index in [9.17, 15) is 8.42 Å². The lowest BCUT2D eigenvalue weighted by Gasteiger charge is -2.32. The number of thiophene rings is 1. The predicted octanol–water partition coefficient (Wildman–Crippen LogP) is 3.35. The quantitative estimate of drug-likeness (QED) is 0.781. The molecule has 3 nitrogen and oxygen atoms in total. The lowest BCUT2D eigenvalue weighted by molar-refractivity contribution is 0.293. The molecule has 0 aromatic carbocycles. The molecule has 0 radical (unpaired) electrons. The number of sulfonamides is 1. The third kappa shape index (κ3) is 2.70. The Morgan fingerprint density at radius 3 is 2.67 bits per heavy atom. The molecule has 1 fully saturated rings. The van der Waals surface area contributed by atoms with E-state index < -0.39 is 10.0 Å². The topological polar surface area (TPSA) is 37.4 Å². The van der Waals surface area contributed by atoms with Crippen LogP contribution in [0.2, 0.25) is 4.34 Å². The van der Waals surface area contributed by atoms with Crippen molar-refractivity contribution in [1.82, 2.24) is 4.31 Å². The number of piperidine rings is 1. The van der Waals surface area contributed by atoms with Crippen LogP contribution >= 0.6 is 34.5 Å². The molecule has 0 spiro atoms. The van der Waals surface area contributed by atoms with Crippen LogP contribution in [0.5, 0.6) is 0 Å². The number of alkyl halides is 1. The minimum atomic E-state index is -3.44. The zero-order valence-electron chi connectivity index (χ0n) is 10.2. The van der Waals surface area contributed by atoms with Gasteiger partial charge in [0.1, 0.15) is 4.21 Å². The number of halogens is 2. The molecule has 18 heavy (non-hydrogen) atoms. The minimum absolute atomic E-state index is 0.120. The number of hydrogen-bond acceptors (Lipinski definition) is 3. The van der Waals surface area contributed by atoms with Crippen molar-refractivity contribution in [3.05, 3.63) is 16.0 Å². The van der Waals surface area contributed by atoms with Crippen LogP contribution in [-0.2, 0) is 10.0 Å². The van der Waals surface area contributed by atoms with Crippen molar-refractivity contribution in [2.75, 3.05) is 13.1 Å². The molecule has 0 saturated carbocycles. The second-order valence-electron chi connectivity index (χ2n) is 4.67. The molecule has 1 aliphatic rings. The van der Waals surface area contributed by atoms with Crippen molar-refractivity contribution < 1.29 is 8.42 Å². The van der Waals surface area contributed by atoms with Gasteiger partial charge in [0.15, 0.2) is 0 Å². The Labute approximate surface area is 122 Å². The first-order valence-electron chi connectivity index (χ1n) is 5.72. The summed E-state index contributed by atoms with van der Waals surface area (Å²) >= 11 is 13.2. The van der Waals surface area contributed by atoms with E-state index in [1.165, 1.54) is 4.31 Å². The van der Waals surface area contributed by atoms with Gasteiger partial charge in [-0.1, -0.05) is 18.5 Å². The van der Waals surface area contributed by atoms with E-state index in [0.717, 1.165) is 23.3 Å². The summed E-state index contributed by atoms with van der Waals surface area (Å²) < 4.78 is 27.2. The van der Waals surface area contributed by atoms with Crippen molar-refractivity contribution in [2.45, 2.75) is 29.9 Å². The second-order valence-corrected chi connectivity index (χ2v) is 9.05. The average Bonchev–Trinajstić information content (AvgIpc) is 2.64. The maximum absolute atomic E-state index is 12.4. The molecule has 0 amide bonds. The Morgan fingerprint density at radius 1 is 1.50 bits per heavy atom. The first-order chi connectivity index (χ1) is 8.32. The normalized spacial score (nSPS) is 26.4. The first kappa shape index (κ1) is 14.6. The summed E-state index contributed by atoms with van der Waals surface area (Å²) in [5, 5.41) is -0.120. The molecular weight excluding hydrogens is 313 g/mol. The SMILES string of the molecule is Cc1cc(S(=O)(=O)N2CCC(C)C(Cl)C2)sc1Cl. The van der Waals surface area contributed by atoms with E-state index in [0.29, 0.717) is 27.6 Å².